The summed E-state index contributed by atoms with van der Waals surface area (Å²) in [5.74, 6) is 1.05. The van der Waals surface area contributed by atoms with Crippen molar-refractivity contribution < 1.29 is 5.11 Å². The zero-order valence-corrected chi connectivity index (χ0v) is 14.4. The number of rotatable bonds is 9. The third kappa shape index (κ3) is 6.23. The van der Waals surface area contributed by atoms with Crippen LogP contribution in [0.4, 0.5) is 0 Å². The Morgan fingerprint density at radius 3 is 2.60 bits per heavy atom. The van der Waals surface area contributed by atoms with E-state index in [4.69, 9.17) is 23.2 Å². The molecule has 0 fully saturated rings. The number of unbranched alkanes of at least 4 members (excludes halogenated alkanes) is 1. The molecule has 5 heteroatoms. The SMILES string of the molecule is CCNC(C)(CO)CCCCSc1ccc(Cl)c(Cl)c1. The number of benzene rings is 1. The lowest BCUT2D eigenvalue weighted by Gasteiger charge is -2.28. The molecule has 1 aromatic carbocycles. The number of aliphatic hydroxyl groups excluding tert-OH is 1. The van der Waals surface area contributed by atoms with Gasteiger partial charge in [-0.1, -0.05) is 36.5 Å². The molecule has 1 aromatic rings. The maximum Gasteiger partial charge on any atom is 0.0610 e. The van der Waals surface area contributed by atoms with Gasteiger partial charge in [-0.3, -0.25) is 0 Å². The molecule has 0 aliphatic carbocycles. The first-order valence-electron chi connectivity index (χ1n) is 6.94. The second-order valence-corrected chi connectivity index (χ2v) is 7.11. The Morgan fingerprint density at radius 2 is 2.00 bits per heavy atom. The molecule has 0 amide bonds. The van der Waals surface area contributed by atoms with Gasteiger partial charge in [-0.15, -0.1) is 11.8 Å². The van der Waals surface area contributed by atoms with Crippen LogP contribution >= 0.6 is 35.0 Å². The van der Waals surface area contributed by atoms with Gasteiger partial charge in [-0.05, 0) is 50.3 Å². The molecule has 114 valence electrons. The number of hydrogen-bond acceptors (Lipinski definition) is 3. The lowest BCUT2D eigenvalue weighted by atomic mass is 9.96. The minimum atomic E-state index is -0.150. The Balaban J connectivity index is 2.26. The molecular weight excluding hydrogens is 313 g/mol. The highest BCUT2D eigenvalue weighted by molar-refractivity contribution is 7.99. The van der Waals surface area contributed by atoms with E-state index in [1.807, 2.05) is 18.2 Å². The second kappa shape index (κ2) is 9.16. The smallest absolute Gasteiger partial charge is 0.0610 e. The summed E-state index contributed by atoms with van der Waals surface area (Å²) >= 11 is 13.7. The second-order valence-electron chi connectivity index (χ2n) is 5.13. The Bertz CT molecular complexity index is 417. The molecular formula is C15H23Cl2NOS. The molecule has 0 saturated carbocycles. The van der Waals surface area contributed by atoms with Gasteiger partial charge in [0.1, 0.15) is 0 Å². The van der Waals surface area contributed by atoms with Crippen molar-refractivity contribution in [2.24, 2.45) is 0 Å². The van der Waals surface area contributed by atoms with Crippen LogP contribution in [0.1, 0.15) is 33.1 Å². The summed E-state index contributed by atoms with van der Waals surface area (Å²) in [5, 5.41) is 14.0. The number of thioether (sulfide) groups is 1. The molecule has 0 spiro atoms. The zero-order valence-electron chi connectivity index (χ0n) is 12.1. The van der Waals surface area contributed by atoms with Gasteiger partial charge >= 0.3 is 0 Å². The monoisotopic (exact) mass is 335 g/mol. The molecule has 1 rings (SSSR count). The molecule has 2 nitrogen and oxygen atoms in total. The van der Waals surface area contributed by atoms with Crippen LogP contribution in [0.25, 0.3) is 0 Å². The Kier molecular flexibility index (Phi) is 8.30. The van der Waals surface area contributed by atoms with Gasteiger partial charge in [0.2, 0.25) is 0 Å². The van der Waals surface area contributed by atoms with E-state index in [0.717, 1.165) is 36.5 Å². The third-order valence-corrected chi connectivity index (χ3v) is 5.05. The summed E-state index contributed by atoms with van der Waals surface area (Å²) in [7, 11) is 0. The summed E-state index contributed by atoms with van der Waals surface area (Å²) in [6.07, 6.45) is 3.20. The first kappa shape index (κ1) is 18.1. The predicted octanol–water partition coefficient (Wildman–Crippen LogP) is 4.62. The van der Waals surface area contributed by atoms with Crippen molar-refractivity contribution in [2.45, 2.75) is 43.5 Å². The van der Waals surface area contributed by atoms with Gasteiger partial charge in [-0.2, -0.15) is 0 Å². The van der Waals surface area contributed by atoms with Crippen molar-refractivity contribution >= 4 is 35.0 Å². The van der Waals surface area contributed by atoms with Crippen LogP contribution in [0.3, 0.4) is 0 Å². The number of aliphatic hydroxyl groups is 1. The number of nitrogens with one attached hydrogen (secondary N) is 1. The molecule has 20 heavy (non-hydrogen) atoms. The van der Waals surface area contributed by atoms with Crippen LogP contribution in [0.2, 0.25) is 10.0 Å². The number of likely N-dealkylation sites (N-methyl/N-ethyl adjacent to an activating group) is 1. The zero-order chi connectivity index (χ0) is 15.0. The summed E-state index contributed by atoms with van der Waals surface area (Å²) in [4.78, 5) is 1.15. The molecule has 0 aromatic heterocycles. The van der Waals surface area contributed by atoms with Crippen molar-refractivity contribution in [1.82, 2.24) is 5.32 Å². The number of hydrogen-bond donors (Lipinski definition) is 2. The lowest BCUT2D eigenvalue weighted by Crippen LogP contribution is -2.45. The van der Waals surface area contributed by atoms with Gasteiger partial charge in [-0.25, -0.2) is 0 Å². The highest BCUT2D eigenvalue weighted by Crippen LogP contribution is 2.28. The van der Waals surface area contributed by atoms with E-state index < -0.39 is 0 Å². The minimum Gasteiger partial charge on any atom is -0.394 e. The summed E-state index contributed by atoms with van der Waals surface area (Å²) < 4.78 is 0. The van der Waals surface area contributed by atoms with Crippen LogP contribution in [0.15, 0.2) is 23.1 Å². The molecule has 0 aliphatic rings. The Labute approximate surface area is 136 Å². The van der Waals surface area contributed by atoms with E-state index in [2.05, 4.69) is 19.2 Å². The number of halogens is 2. The van der Waals surface area contributed by atoms with E-state index in [0.29, 0.717) is 10.0 Å². The molecule has 0 saturated heterocycles. The van der Waals surface area contributed by atoms with Crippen LogP contribution in [-0.2, 0) is 0 Å². The quantitative estimate of drug-likeness (QED) is 0.510. The van der Waals surface area contributed by atoms with Gasteiger partial charge in [0.25, 0.3) is 0 Å². The fourth-order valence-corrected chi connectivity index (χ4v) is 3.34. The molecule has 0 aliphatic heterocycles. The highest BCUT2D eigenvalue weighted by atomic mass is 35.5. The molecule has 1 atom stereocenters. The summed E-state index contributed by atoms with van der Waals surface area (Å²) in [5.41, 5.74) is -0.150. The standard InChI is InChI=1S/C15H23Cl2NOS/c1-3-18-15(2,11-19)8-4-5-9-20-12-6-7-13(16)14(17)10-12/h6-7,10,18-19H,3-5,8-9,11H2,1-2H3. The fourth-order valence-electron chi connectivity index (χ4n) is 2.02. The van der Waals surface area contributed by atoms with Crippen molar-refractivity contribution in [1.29, 1.82) is 0 Å². The van der Waals surface area contributed by atoms with Crippen LogP contribution in [0.5, 0.6) is 0 Å². The van der Waals surface area contributed by atoms with Gasteiger partial charge in [0, 0.05) is 10.4 Å². The third-order valence-electron chi connectivity index (χ3n) is 3.24. The maximum atomic E-state index is 9.41. The minimum absolute atomic E-state index is 0.150. The first-order valence-corrected chi connectivity index (χ1v) is 8.68. The molecule has 2 N–H and O–H groups in total. The first-order chi connectivity index (χ1) is 9.50. The average Bonchev–Trinajstić information content (AvgIpc) is 2.42. The fraction of sp³-hybridized carbons (Fsp3) is 0.600. The molecule has 0 radical (unpaired) electrons. The van der Waals surface area contributed by atoms with E-state index >= 15 is 0 Å². The van der Waals surface area contributed by atoms with E-state index in [1.54, 1.807) is 11.8 Å². The van der Waals surface area contributed by atoms with Gasteiger partial charge < -0.3 is 10.4 Å². The summed E-state index contributed by atoms with van der Waals surface area (Å²) in [6.45, 7) is 5.20. The Hall–Kier alpha value is 0.0700. The van der Waals surface area contributed by atoms with Crippen LogP contribution < -0.4 is 5.32 Å². The molecule has 0 bridgehead atoms. The van der Waals surface area contributed by atoms with E-state index in [-0.39, 0.29) is 12.1 Å². The average molecular weight is 336 g/mol. The normalized spacial score (nSPS) is 14.2. The van der Waals surface area contributed by atoms with Gasteiger partial charge in [0.15, 0.2) is 0 Å². The molecule has 0 heterocycles. The van der Waals surface area contributed by atoms with Crippen molar-refractivity contribution in [3.05, 3.63) is 28.2 Å². The van der Waals surface area contributed by atoms with E-state index in [9.17, 15) is 5.11 Å². The predicted molar refractivity (Wildman–Crippen MR) is 90.2 cm³/mol. The van der Waals surface area contributed by atoms with Crippen molar-refractivity contribution in [2.75, 3.05) is 18.9 Å². The van der Waals surface area contributed by atoms with Crippen LogP contribution in [-0.4, -0.2) is 29.5 Å². The molecule has 1 unspecified atom stereocenters. The van der Waals surface area contributed by atoms with Crippen molar-refractivity contribution in [3.8, 4) is 0 Å². The maximum absolute atomic E-state index is 9.41. The Morgan fingerprint density at radius 1 is 1.25 bits per heavy atom. The topological polar surface area (TPSA) is 32.3 Å². The van der Waals surface area contributed by atoms with Crippen molar-refractivity contribution in [3.63, 3.8) is 0 Å². The van der Waals surface area contributed by atoms with Gasteiger partial charge in [0.05, 0.1) is 16.7 Å². The largest absolute Gasteiger partial charge is 0.394 e. The highest BCUT2D eigenvalue weighted by Gasteiger charge is 2.20. The summed E-state index contributed by atoms with van der Waals surface area (Å²) in [6, 6.07) is 5.74. The van der Waals surface area contributed by atoms with E-state index in [1.165, 1.54) is 0 Å². The van der Waals surface area contributed by atoms with Crippen LogP contribution in [0, 0.1) is 0 Å². The lowest BCUT2D eigenvalue weighted by molar-refractivity contribution is 0.165.